The molecule has 0 radical (unpaired) electrons. The Bertz CT molecular complexity index is 437. The van der Waals surface area contributed by atoms with E-state index in [-0.39, 0.29) is 19.2 Å². The van der Waals surface area contributed by atoms with E-state index in [0.29, 0.717) is 19.5 Å². The van der Waals surface area contributed by atoms with Crippen LogP contribution in [0.15, 0.2) is 24.3 Å². The van der Waals surface area contributed by atoms with Gasteiger partial charge >= 0.3 is 6.03 Å². The second-order valence-electron chi connectivity index (χ2n) is 4.15. The number of urea groups is 1. The van der Waals surface area contributed by atoms with Gasteiger partial charge in [-0.2, -0.15) is 0 Å². The summed E-state index contributed by atoms with van der Waals surface area (Å²) in [6, 6.07) is 7.38. The van der Waals surface area contributed by atoms with Crippen molar-refractivity contribution in [2.45, 2.75) is 12.8 Å². The molecule has 0 heterocycles. The number of terminal acetylenes is 1. The summed E-state index contributed by atoms with van der Waals surface area (Å²) < 4.78 is 5.27. The van der Waals surface area contributed by atoms with Gasteiger partial charge in [-0.25, -0.2) is 4.79 Å². The van der Waals surface area contributed by atoms with Gasteiger partial charge in [0.2, 0.25) is 0 Å². The maximum Gasteiger partial charge on any atom is 0.314 e. The Hall–Kier alpha value is -2.19. The molecule has 0 aliphatic rings. The average Bonchev–Trinajstić information content (AvgIpc) is 2.47. The molecule has 0 aliphatic carbocycles. The van der Waals surface area contributed by atoms with Gasteiger partial charge in [-0.15, -0.1) is 6.42 Å². The number of hydrogen-bond donors (Lipinski definition) is 3. The van der Waals surface area contributed by atoms with Gasteiger partial charge < -0.3 is 20.5 Å². The number of rotatable bonds is 8. The van der Waals surface area contributed by atoms with Crippen molar-refractivity contribution >= 4 is 6.03 Å². The third-order valence-electron chi connectivity index (χ3n) is 2.57. The molecule has 0 unspecified atom stereocenters. The van der Waals surface area contributed by atoms with E-state index >= 15 is 0 Å². The fourth-order valence-corrected chi connectivity index (χ4v) is 1.54. The minimum atomic E-state index is -0.215. The minimum absolute atomic E-state index is 0.0778. The van der Waals surface area contributed by atoms with Crippen LogP contribution in [0.25, 0.3) is 0 Å². The van der Waals surface area contributed by atoms with E-state index in [9.17, 15) is 4.79 Å². The number of carbonyl (C=O) groups excluding carboxylic acids is 1. The van der Waals surface area contributed by atoms with Gasteiger partial charge in [0.15, 0.2) is 0 Å². The average molecular weight is 276 g/mol. The Labute approximate surface area is 119 Å². The predicted molar refractivity (Wildman–Crippen MR) is 77.6 cm³/mol. The minimum Gasteiger partial charge on any atom is -0.481 e. The van der Waals surface area contributed by atoms with E-state index in [1.165, 1.54) is 0 Å². The van der Waals surface area contributed by atoms with E-state index in [1.54, 1.807) is 0 Å². The van der Waals surface area contributed by atoms with Crippen molar-refractivity contribution in [3.63, 3.8) is 0 Å². The molecule has 20 heavy (non-hydrogen) atoms. The van der Waals surface area contributed by atoms with Crippen LogP contribution in [0.1, 0.15) is 12.0 Å². The third kappa shape index (κ3) is 6.66. The van der Waals surface area contributed by atoms with Crippen LogP contribution in [0, 0.1) is 12.3 Å². The van der Waals surface area contributed by atoms with Crippen molar-refractivity contribution in [2.75, 3.05) is 26.3 Å². The molecule has 0 atom stereocenters. The van der Waals surface area contributed by atoms with Crippen LogP contribution in [-0.2, 0) is 6.42 Å². The van der Waals surface area contributed by atoms with Crippen LogP contribution in [-0.4, -0.2) is 37.4 Å². The number of aliphatic hydroxyl groups excluding tert-OH is 1. The van der Waals surface area contributed by atoms with Crippen molar-refractivity contribution in [1.29, 1.82) is 0 Å². The maximum absolute atomic E-state index is 11.3. The zero-order valence-electron chi connectivity index (χ0n) is 11.4. The zero-order valence-corrected chi connectivity index (χ0v) is 11.4. The number of carbonyl (C=O) groups is 1. The molecular formula is C15H20N2O3. The highest BCUT2D eigenvalue weighted by atomic mass is 16.5. The molecule has 108 valence electrons. The summed E-state index contributed by atoms with van der Waals surface area (Å²) in [7, 11) is 0. The molecule has 0 spiro atoms. The van der Waals surface area contributed by atoms with Crippen LogP contribution in [0.2, 0.25) is 0 Å². The van der Waals surface area contributed by atoms with Crippen molar-refractivity contribution < 1.29 is 14.6 Å². The summed E-state index contributed by atoms with van der Waals surface area (Å²) in [5, 5.41) is 14.0. The molecule has 5 heteroatoms. The Morgan fingerprint density at radius 1 is 1.25 bits per heavy atom. The lowest BCUT2D eigenvalue weighted by molar-refractivity contribution is 0.238. The summed E-state index contributed by atoms with van der Waals surface area (Å²) in [5.74, 6) is 3.14. The summed E-state index contributed by atoms with van der Waals surface area (Å²) in [6.07, 6.45) is 6.41. The first kappa shape index (κ1) is 15.9. The van der Waals surface area contributed by atoms with Gasteiger partial charge in [0, 0.05) is 19.7 Å². The maximum atomic E-state index is 11.3. The Morgan fingerprint density at radius 2 is 1.95 bits per heavy atom. The van der Waals surface area contributed by atoms with Crippen LogP contribution in [0.5, 0.6) is 5.75 Å². The first-order valence-electron chi connectivity index (χ1n) is 6.54. The van der Waals surface area contributed by atoms with Gasteiger partial charge in [-0.3, -0.25) is 0 Å². The topological polar surface area (TPSA) is 70.6 Å². The summed E-state index contributed by atoms with van der Waals surface area (Å²) in [6.45, 7) is 1.36. The lowest BCUT2D eigenvalue weighted by Crippen LogP contribution is -2.37. The molecular weight excluding hydrogens is 256 g/mol. The number of amides is 2. The fourth-order valence-electron chi connectivity index (χ4n) is 1.54. The van der Waals surface area contributed by atoms with E-state index in [1.807, 2.05) is 24.3 Å². The van der Waals surface area contributed by atoms with Gasteiger partial charge in [0.05, 0.1) is 0 Å². The molecule has 0 aromatic heterocycles. The molecule has 0 saturated heterocycles. The van der Waals surface area contributed by atoms with E-state index in [2.05, 4.69) is 16.6 Å². The second kappa shape index (κ2) is 9.70. The standard InChI is InChI=1S/C15H20N2O3/c1-2-12-20-14-6-4-13(5-7-14)8-10-17-15(19)16-9-3-11-18/h1,4-7,18H,3,8-12H2,(H2,16,17,19). The molecule has 0 bridgehead atoms. The number of nitrogens with one attached hydrogen (secondary N) is 2. The lowest BCUT2D eigenvalue weighted by Gasteiger charge is -2.07. The molecule has 0 aliphatic heterocycles. The molecule has 2 amide bonds. The lowest BCUT2D eigenvalue weighted by atomic mass is 10.1. The van der Waals surface area contributed by atoms with Gasteiger partial charge in [0.25, 0.3) is 0 Å². The third-order valence-corrected chi connectivity index (χ3v) is 2.57. The first-order chi connectivity index (χ1) is 9.76. The van der Waals surface area contributed by atoms with Crippen molar-refractivity contribution in [3.05, 3.63) is 29.8 Å². The van der Waals surface area contributed by atoms with Crippen LogP contribution < -0.4 is 15.4 Å². The smallest absolute Gasteiger partial charge is 0.314 e. The van der Waals surface area contributed by atoms with Crippen LogP contribution in [0.3, 0.4) is 0 Å². The molecule has 1 rings (SSSR count). The van der Waals surface area contributed by atoms with Crippen molar-refractivity contribution in [2.24, 2.45) is 0 Å². The molecule has 1 aromatic rings. The fraction of sp³-hybridized carbons (Fsp3) is 0.400. The number of benzene rings is 1. The highest BCUT2D eigenvalue weighted by Gasteiger charge is 1.99. The molecule has 0 saturated carbocycles. The Kier molecular flexibility index (Phi) is 7.70. The normalized spacial score (nSPS) is 9.60. The molecule has 3 N–H and O–H groups in total. The highest BCUT2D eigenvalue weighted by molar-refractivity contribution is 5.73. The number of aliphatic hydroxyl groups is 1. The van der Waals surface area contributed by atoms with Crippen LogP contribution in [0.4, 0.5) is 4.79 Å². The summed E-state index contributed by atoms with van der Waals surface area (Å²) >= 11 is 0. The second-order valence-corrected chi connectivity index (χ2v) is 4.15. The first-order valence-corrected chi connectivity index (χ1v) is 6.54. The monoisotopic (exact) mass is 276 g/mol. The summed E-state index contributed by atoms with van der Waals surface area (Å²) in [5.41, 5.74) is 1.11. The van der Waals surface area contributed by atoms with Gasteiger partial charge in [-0.05, 0) is 30.5 Å². The predicted octanol–water partition coefficient (Wildman–Crippen LogP) is 0.923. The molecule has 5 nitrogen and oxygen atoms in total. The van der Waals surface area contributed by atoms with Crippen molar-refractivity contribution in [3.8, 4) is 18.1 Å². The molecule has 0 fully saturated rings. The SMILES string of the molecule is C#CCOc1ccc(CCNC(=O)NCCCO)cc1. The van der Waals surface area contributed by atoms with Gasteiger partial charge in [0.1, 0.15) is 12.4 Å². The zero-order chi connectivity index (χ0) is 14.6. The largest absolute Gasteiger partial charge is 0.481 e. The number of ether oxygens (including phenoxy) is 1. The Balaban J connectivity index is 2.21. The van der Waals surface area contributed by atoms with Crippen LogP contribution >= 0.6 is 0 Å². The van der Waals surface area contributed by atoms with Crippen molar-refractivity contribution in [1.82, 2.24) is 10.6 Å². The molecule has 1 aromatic carbocycles. The van der Waals surface area contributed by atoms with E-state index in [4.69, 9.17) is 16.3 Å². The van der Waals surface area contributed by atoms with Gasteiger partial charge in [-0.1, -0.05) is 18.1 Å². The van der Waals surface area contributed by atoms with E-state index < -0.39 is 0 Å². The quantitative estimate of drug-likeness (QED) is 0.488. The highest BCUT2D eigenvalue weighted by Crippen LogP contribution is 2.12. The summed E-state index contributed by atoms with van der Waals surface area (Å²) in [4.78, 5) is 11.3. The van der Waals surface area contributed by atoms with E-state index in [0.717, 1.165) is 17.7 Å². The number of hydrogen-bond acceptors (Lipinski definition) is 3. The Morgan fingerprint density at radius 3 is 2.60 bits per heavy atom.